The second kappa shape index (κ2) is 10.3. The first-order valence-electron chi connectivity index (χ1n) is 14.7. The van der Waals surface area contributed by atoms with Gasteiger partial charge in [0.15, 0.2) is 0 Å². The molecule has 210 valence electrons. The molecular weight excluding hydrogens is 496 g/mol. The number of carbonyl (C=O) groups excluding carboxylic acids is 1. The quantitative estimate of drug-likeness (QED) is 0.355. The molecule has 0 N–H and O–H groups in total. The SMILES string of the molecule is COc1cc2c(c(OC)c1)C(C)(C)/C=C1\CC(CC(=O)N(C)C13CCN(Cc1cccc4ccccc14)CC3)C2. The number of hydrogen-bond donors (Lipinski definition) is 0. The third-order valence-electron chi connectivity index (χ3n) is 9.84. The summed E-state index contributed by atoms with van der Waals surface area (Å²) in [4.78, 5) is 18.4. The van der Waals surface area contributed by atoms with Crippen molar-refractivity contribution in [2.75, 3.05) is 34.4 Å². The molecule has 2 bridgehead atoms. The first-order chi connectivity index (χ1) is 19.2. The molecule has 40 heavy (non-hydrogen) atoms. The summed E-state index contributed by atoms with van der Waals surface area (Å²) in [7, 11) is 5.50. The van der Waals surface area contributed by atoms with Gasteiger partial charge in [-0.25, -0.2) is 0 Å². The lowest BCUT2D eigenvalue weighted by Crippen LogP contribution is -2.56. The van der Waals surface area contributed by atoms with Gasteiger partial charge in [0.05, 0.1) is 19.8 Å². The Bertz CT molecular complexity index is 1460. The van der Waals surface area contributed by atoms with Crippen LogP contribution in [0.4, 0.5) is 0 Å². The number of allylic oxidation sites excluding steroid dienone is 1. The second-order valence-corrected chi connectivity index (χ2v) is 12.6. The van der Waals surface area contributed by atoms with Gasteiger partial charge < -0.3 is 14.4 Å². The molecule has 3 aliphatic rings. The lowest BCUT2D eigenvalue weighted by molar-refractivity contribution is -0.135. The molecule has 1 atom stereocenters. The largest absolute Gasteiger partial charge is 0.497 e. The maximum absolute atomic E-state index is 13.7. The minimum atomic E-state index is -0.242. The monoisotopic (exact) mass is 538 g/mol. The molecule has 1 spiro atoms. The molecule has 2 heterocycles. The summed E-state index contributed by atoms with van der Waals surface area (Å²) >= 11 is 0. The van der Waals surface area contributed by atoms with E-state index < -0.39 is 0 Å². The van der Waals surface area contributed by atoms with E-state index >= 15 is 0 Å². The van der Waals surface area contributed by atoms with Crippen LogP contribution in [0.1, 0.15) is 56.2 Å². The van der Waals surface area contributed by atoms with Crippen LogP contribution in [0, 0.1) is 5.92 Å². The van der Waals surface area contributed by atoms with Crippen LogP contribution in [0.2, 0.25) is 0 Å². The summed E-state index contributed by atoms with van der Waals surface area (Å²) < 4.78 is 11.5. The molecule has 5 heteroatoms. The normalized spacial score (nSPS) is 23.5. The van der Waals surface area contributed by atoms with Crippen molar-refractivity contribution >= 4 is 16.7 Å². The summed E-state index contributed by atoms with van der Waals surface area (Å²) in [6, 6.07) is 19.4. The fraction of sp³-hybridized carbons (Fsp3) is 0.457. The Morgan fingerprint density at radius 1 is 0.925 bits per heavy atom. The molecule has 1 aliphatic carbocycles. The van der Waals surface area contributed by atoms with E-state index in [4.69, 9.17) is 9.47 Å². The fourth-order valence-corrected chi connectivity index (χ4v) is 7.79. The highest BCUT2D eigenvalue weighted by Crippen LogP contribution is 2.49. The highest BCUT2D eigenvalue weighted by atomic mass is 16.5. The summed E-state index contributed by atoms with van der Waals surface area (Å²) in [5, 5.41) is 2.63. The highest BCUT2D eigenvalue weighted by Gasteiger charge is 2.48. The van der Waals surface area contributed by atoms with Crippen LogP contribution in [0.15, 0.2) is 66.2 Å². The number of likely N-dealkylation sites (tertiary alicyclic amines) is 2. The third kappa shape index (κ3) is 4.58. The van der Waals surface area contributed by atoms with Crippen LogP contribution in [-0.4, -0.2) is 55.6 Å². The summed E-state index contributed by atoms with van der Waals surface area (Å²) in [5.41, 5.74) is 4.79. The zero-order valence-corrected chi connectivity index (χ0v) is 24.6. The molecule has 1 unspecified atom stereocenters. The number of piperidine rings is 1. The Hall–Kier alpha value is -3.31. The molecule has 5 nitrogen and oxygen atoms in total. The lowest BCUT2D eigenvalue weighted by Gasteiger charge is -2.49. The maximum Gasteiger partial charge on any atom is 0.223 e. The maximum atomic E-state index is 13.7. The van der Waals surface area contributed by atoms with Crippen LogP contribution < -0.4 is 9.47 Å². The molecule has 2 fully saturated rings. The number of methoxy groups -OCH3 is 2. The summed E-state index contributed by atoms with van der Waals surface area (Å²) in [6.45, 7) is 7.48. The number of rotatable bonds is 4. The Morgan fingerprint density at radius 3 is 2.42 bits per heavy atom. The molecule has 2 saturated heterocycles. The topological polar surface area (TPSA) is 42.0 Å². The molecule has 0 aromatic heterocycles. The van der Waals surface area contributed by atoms with Gasteiger partial charge in [-0.15, -0.1) is 0 Å². The van der Waals surface area contributed by atoms with Gasteiger partial charge in [0, 0.05) is 50.1 Å². The number of nitrogens with zero attached hydrogens (tertiary/aromatic N) is 2. The van der Waals surface area contributed by atoms with E-state index in [0.29, 0.717) is 6.42 Å². The minimum Gasteiger partial charge on any atom is -0.497 e. The van der Waals surface area contributed by atoms with Gasteiger partial charge in [-0.3, -0.25) is 9.69 Å². The van der Waals surface area contributed by atoms with Crippen LogP contribution in [0.3, 0.4) is 0 Å². The molecule has 1 amide bonds. The van der Waals surface area contributed by atoms with E-state index in [9.17, 15) is 4.79 Å². The third-order valence-corrected chi connectivity index (χ3v) is 9.84. The van der Waals surface area contributed by atoms with Crippen molar-refractivity contribution in [3.63, 3.8) is 0 Å². The van der Waals surface area contributed by atoms with Gasteiger partial charge in [-0.1, -0.05) is 62.4 Å². The smallest absolute Gasteiger partial charge is 0.223 e. The molecule has 3 aromatic rings. The molecule has 0 radical (unpaired) electrons. The van der Waals surface area contributed by atoms with Gasteiger partial charge in [0.2, 0.25) is 5.91 Å². The van der Waals surface area contributed by atoms with Crippen molar-refractivity contribution < 1.29 is 14.3 Å². The van der Waals surface area contributed by atoms with E-state index in [1.807, 2.05) is 6.07 Å². The van der Waals surface area contributed by atoms with Crippen LogP contribution in [0.25, 0.3) is 10.8 Å². The lowest BCUT2D eigenvalue weighted by atomic mass is 9.69. The Labute approximate surface area is 238 Å². The average molecular weight is 539 g/mol. The van der Waals surface area contributed by atoms with Crippen molar-refractivity contribution in [2.45, 2.75) is 63.5 Å². The number of benzene rings is 3. The first-order valence-corrected chi connectivity index (χ1v) is 14.7. The van der Waals surface area contributed by atoms with Crippen LogP contribution >= 0.6 is 0 Å². The van der Waals surface area contributed by atoms with Gasteiger partial charge in [0.1, 0.15) is 11.5 Å². The summed E-state index contributed by atoms with van der Waals surface area (Å²) in [6.07, 6.45) is 6.80. The van der Waals surface area contributed by atoms with Gasteiger partial charge in [-0.05, 0) is 65.1 Å². The van der Waals surface area contributed by atoms with Crippen molar-refractivity contribution in [1.82, 2.24) is 9.80 Å². The first kappa shape index (κ1) is 26.9. The molecule has 0 saturated carbocycles. The fourth-order valence-electron chi connectivity index (χ4n) is 7.79. The van der Waals surface area contributed by atoms with Gasteiger partial charge >= 0.3 is 0 Å². The van der Waals surface area contributed by atoms with E-state index in [1.54, 1.807) is 14.2 Å². The van der Waals surface area contributed by atoms with Gasteiger partial charge in [0.25, 0.3) is 0 Å². The zero-order chi connectivity index (χ0) is 28.1. The van der Waals surface area contributed by atoms with Crippen molar-refractivity contribution in [3.05, 3.63) is 82.9 Å². The predicted octanol–water partition coefficient (Wildman–Crippen LogP) is 6.52. The zero-order valence-electron chi connectivity index (χ0n) is 24.6. The second-order valence-electron chi connectivity index (χ2n) is 12.6. The van der Waals surface area contributed by atoms with Crippen LogP contribution in [0.5, 0.6) is 11.5 Å². The molecule has 6 rings (SSSR count). The number of amides is 1. The molecule has 3 aromatic carbocycles. The highest BCUT2D eigenvalue weighted by molar-refractivity contribution is 5.85. The predicted molar refractivity (Wildman–Crippen MR) is 161 cm³/mol. The van der Waals surface area contributed by atoms with E-state index in [-0.39, 0.29) is 22.8 Å². The van der Waals surface area contributed by atoms with Crippen LogP contribution in [-0.2, 0) is 23.2 Å². The molecular formula is C35H42N2O3. The number of likely N-dealkylation sites (N-methyl/N-ethyl adjacent to an activating group) is 1. The van der Waals surface area contributed by atoms with E-state index in [0.717, 1.165) is 56.8 Å². The Morgan fingerprint density at radius 2 is 1.68 bits per heavy atom. The van der Waals surface area contributed by atoms with E-state index in [2.05, 4.69) is 85.3 Å². The average Bonchev–Trinajstić information content (AvgIpc) is 3.03. The van der Waals surface area contributed by atoms with Crippen molar-refractivity contribution in [1.29, 1.82) is 0 Å². The number of ether oxygens (including phenoxy) is 2. The molecule has 2 aliphatic heterocycles. The Kier molecular flexibility index (Phi) is 6.90. The number of fused-ring (bicyclic) bond motifs is 5. The van der Waals surface area contributed by atoms with E-state index in [1.165, 1.54) is 33.0 Å². The minimum absolute atomic E-state index is 0.241. The van der Waals surface area contributed by atoms with Gasteiger partial charge in [-0.2, -0.15) is 0 Å². The standard InChI is InChI=1S/C35H42N2O3/c1-34(2)22-28-18-24(17-27-20-29(39-4)21-31(40-5)33(27)34)19-32(38)36(3)35(28)13-15-37(16-14-35)23-26-11-8-10-25-9-6-7-12-30(25)26/h6-12,20-22,24H,13-19,23H2,1-5H3/b28-22+. The number of hydrogen-bond acceptors (Lipinski definition) is 4. The number of carbonyl (C=O) groups is 1. The van der Waals surface area contributed by atoms with Crippen molar-refractivity contribution in [3.8, 4) is 11.5 Å². The Balaban J connectivity index is 1.35. The summed E-state index contributed by atoms with van der Waals surface area (Å²) in [5.74, 6) is 2.21. The van der Waals surface area contributed by atoms with Crippen molar-refractivity contribution in [2.24, 2.45) is 5.92 Å².